The summed E-state index contributed by atoms with van der Waals surface area (Å²) in [5.41, 5.74) is 0.374. The lowest BCUT2D eigenvalue weighted by Gasteiger charge is -2.15. The Bertz CT molecular complexity index is 616. The summed E-state index contributed by atoms with van der Waals surface area (Å²) in [5, 5.41) is 13.5. The summed E-state index contributed by atoms with van der Waals surface area (Å²) in [6.07, 6.45) is 1.40. The van der Waals surface area contributed by atoms with Gasteiger partial charge < -0.3 is 10.4 Å². The number of pyridine rings is 1. The van der Waals surface area contributed by atoms with E-state index >= 15 is 0 Å². The second-order valence-corrected chi connectivity index (χ2v) is 5.71. The normalized spacial score (nSPS) is 11.8. The Hall–Kier alpha value is -1.73. The van der Waals surface area contributed by atoms with E-state index in [2.05, 4.69) is 26.2 Å². The third-order valence-corrected chi connectivity index (χ3v) is 4.19. The number of aliphatic carboxylic acids is 1. The molecule has 0 saturated carbocycles. The van der Waals surface area contributed by atoms with Gasteiger partial charge in [0.1, 0.15) is 4.60 Å². The van der Waals surface area contributed by atoms with Gasteiger partial charge in [0.05, 0.1) is 18.0 Å². The zero-order valence-electron chi connectivity index (χ0n) is 10.2. The van der Waals surface area contributed by atoms with E-state index in [9.17, 15) is 9.59 Å². The first-order valence-corrected chi connectivity index (χ1v) is 7.41. The maximum Gasteiger partial charge on any atom is 0.305 e. The van der Waals surface area contributed by atoms with Crippen LogP contribution in [0.2, 0.25) is 0 Å². The first-order valence-electron chi connectivity index (χ1n) is 5.74. The van der Waals surface area contributed by atoms with Crippen LogP contribution >= 0.6 is 27.3 Å². The molecule has 1 unspecified atom stereocenters. The minimum absolute atomic E-state index is 0.163. The Morgan fingerprint density at radius 3 is 2.80 bits per heavy atom. The first-order chi connectivity index (χ1) is 9.58. The van der Waals surface area contributed by atoms with Crippen LogP contribution in [0.4, 0.5) is 0 Å². The number of rotatable bonds is 5. The second-order valence-electron chi connectivity index (χ2n) is 3.98. The van der Waals surface area contributed by atoms with Gasteiger partial charge in [-0.2, -0.15) is 0 Å². The molecule has 2 N–H and O–H groups in total. The number of nitrogens with zero attached hydrogens (tertiary/aromatic N) is 1. The smallest absolute Gasteiger partial charge is 0.305 e. The van der Waals surface area contributed by atoms with Crippen molar-refractivity contribution in [1.82, 2.24) is 10.3 Å². The molecule has 0 fully saturated rings. The van der Waals surface area contributed by atoms with Gasteiger partial charge in [0.2, 0.25) is 0 Å². The molecular formula is C13H11BrN2O3S. The Morgan fingerprint density at radius 1 is 1.40 bits per heavy atom. The molecule has 5 nitrogen and oxygen atoms in total. The van der Waals surface area contributed by atoms with Crippen LogP contribution in [0.5, 0.6) is 0 Å². The maximum absolute atomic E-state index is 12.2. The molecule has 1 amide bonds. The molecule has 1 atom stereocenters. The van der Waals surface area contributed by atoms with Gasteiger partial charge in [-0.25, -0.2) is 4.98 Å². The fourth-order valence-corrected chi connectivity index (χ4v) is 2.89. The average molecular weight is 355 g/mol. The van der Waals surface area contributed by atoms with E-state index < -0.39 is 12.0 Å². The van der Waals surface area contributed by atoms with E-state index in [4.69, 9.17) is 5.11 Å². The van der Waals surface area contributed by atoms with Crippen molar-refractivity contribution in [1.29, 1.82) is 0 Å². The van der Waals surface area contributed by atoms with Gasteiger partial charge >= 0.3 is 5.97 Å². The molecule has 0 aliphatic heterocycles. The number of carboxylic acids is 1. The number of carbonyl (C=O) groups excluding carboxylic acids is 1. The van der Waals surface area contributed by atoms with Gasteiger partial charge in [0.25, 0.3) is 5.91 Å². The SMILES string of the molecule is O=C(O)CC(NC(=O)c1cccnc1Br)c1cccs1. The average Bonchev–Trinajstić information content (AvgIpc) is 2.91. The zero-order chi connectivity index (χ0) is 14.5. The largest absolute Gasteiger partial charge is 0.481 e. The standard InChI is InChI=1S/C13H11BrN2O3S/c14-12-8(3-1-5-15-12)13(19)16-9(7-11(17)18)10-4-2-6-20-10/h1-6,9H,7H2,(H,16,19)(H,17,18). The molecule has 0 radical (unpaired) electrons. The number of carbonyl (C=O) groups is 2. The molecule has 0 saturated heterocycles. The lowest BCUT2D eigenvalue weighted by Crippen LogP contribution is -2.30. The Labute approximate surface area is 127 Å². The van der Waals surface area contributed by atoms with Gasteiger partial charge in [-0.3, -0.25) is 9.59 Å². The summed E-state index contributed by atoms with van der Waals surface area (Å²) in [6.45, 7) is 0. The summed E-state index contributed by atoms with van der Waals surface area (Å²) in [4.78, 5) is 27.9. The minimum atomic E-state index is -0.964. The number of carboxylic acid groups (broad SMARTS) is 1. The number of nitrogens with one attached hydrogen (secondary N) is 1. The molecule has 0 aliphatic rings. The molecule has 2 rings (SSSR count). The minimum Gasteiger partial charge on any atom is -0.481 e. The second kappa shape index (κ2) is 6.62. The predicted molar refractivity (Wildman–Crippen MR) is 78.7 cm³/mol. The number of halogens is 1. The molecule has 2 aromatic heterocycles. The van der Waals surface area contributed by atoms with Crippen molar-refractivity contribution in [3.63, 3.8) is 0 Å². The molecule has 7 heteroatoms. The van der Waals surface area contributed by atoms with E-state index in [-0.39, 0.29) is 12.3 Å². The number of hydrogen-bond donors (Lipinski definition) is 2. The maximum atomic E-state index is 12.2. The lowest BCUT2D eigenvalue weighted by atomic mass is 10.1. The lowest BCUT2D eigenvalue weighted by molar-refractivity contribution is -0.137. The van der Waals surface area contributed by atoms with Crippen molar-refractivity contribution in [2.75, 3.05) is 0 Å². The first kappa shape index (κ1) is 14.7. The van der Waals surface area contributed by atoms with E-state index in [0.29, 0.717) is 10.2 Å². The quantitative estimate of drug-likeness (QED) is 0.809. The highest BCUT2D eigenvalue weighted by Gasteiger charge is 2.20. The highest BCUT2D eigenvalue weighted by Crippen LogP contribution is 2.23. The molecule has 0 aromatic carbocycles. The Kier molecular flexibility index (Phi) is 4.86. The summed E-state index contributed by atoms with van der Waals surface area (Å²) in [5.74, 6) is -1.32. The van der Waals surface area contributed by atoms with Gasteiger partial charge in [-0.05, 0) is 39.5 Å². The van der Waals surface area contributed by atoms with E-state index in [1.54, 1.807) is 24.4 Å². The third kappa shape index (κ3) is 3.64. The van der Waals surface area contributed by atoms with Crippen LogP contribution < -0.4 is 5.32 Å². The third-order valence-electron chi connectivity index (χ3n) is 2.57. The Balaban J connectivity index is 2.18. The van der Waals surface area contributed by atoms with Crippen LogP contribution in [0.15, 0.2) is 40.4 Å². The molecule has 0 aliphatic carbocycles. The highest BCUT2D eigenvalue weighted by atomic mass is 79.9. The molecule has 2 aromatic rings. The predicted octanol–water partition coefficient (Wildman–Crippen LogP) is 2.85. The molecule has 0 spiro atoms. The highest BCUT2D eigenvalue weighted by molar-refractivity contribution is 9.10. The van der Waals surface area contributed by atoms with Crippen LogP contribution in [-0.4, -0.2) is 22.0 Å². The molecule has 20 heavy (non-hydrogen) atoms. The van der Waals surface area contributed by atoms with Crippen molar-refractivity contribution >= 4 is 39.1 Å². The van der Waals surface area contributed by atoms with Crippen LogP contribution in [0, 0.1) is 0 Å². The molecule has 0 bridgehead atoms. The molecule has 2 heterocycles. The number of amides is 1. The topological polar surface area (TPSA) is 79.3 Å². The van der Waals surface area contributed by atoms with Crippen LogP contribution in [0.1, 0.15) is 27.7 Å². The zero-order valence-corrected chi connectivity index (χ0v) is 12.6. The van der Waals surface area contributed by atoms with Crippen molar-refractivity contribution in [3.8, 4) is 0 Å². The van der Waals surface area contributed by atoms with Gasteiger partial charge in [0, 0.05) is 11.1 Å². The number of hydrogen-bond acceptors (Lipinski definition) is 4. The molecule has 104 valence electrons. The number of aromatic nitrogens is 1. The summed E-state index contributed by atoms with van der Waals surface area (Å²) in [7, 11) is 0. The fourth-order valence-electron chi connectivity index (χ4n) is 1.68. The van der Waals surface area contributed by atoms with E-state index in [1.165, 1.54) is 11.3 Å². The monoisotopic (exact) mass is 354 g/mol. The van der Waals surface area contributed by atoms with Crippen molar-refractivity contribution in [2.24, 2.45) is 0 Å². The van der Waals surface area contributed by atoms with E-state index in [1.807, 2.05) is 11.4 Å². The van der Waals surface area contributed by atoms with Crippen LogP contribution in [-0.2, 0) is 4.79 Å². The van der Waals surface area contributed by atoms with Crippen molar-refractivity contribution in [2.45, 2.75) is 12.5 Å². The fraction of sp³-hybridized carbons (Fsp3) is 0.154. The summed E-state index contributed by atoms with van der Waals surface area (Å²) >= 11 is 4.61. The van der Waals surface area contributed by atoms with Gasteiger partial charge in [-0.1, -0.05) is 6.07 Å². The van der Waals surface area contributed by atoms with Crippen LogP contribution in [0.3, 0.4) is 0 Å². The van der Waals surface area contributed by atoms with Crippen LogP contribution in [0.25, 0.3) is 0 Å². The van der Waals surface area contributed by atoms with Crippen molar-refractivity contribution < 1.29 is 14.7 Å². The summed E-state index contributed by atoms with van der Waals surface area (Å²) in [6, 6.07) is 6.35. The molecular weight excluding hydrogens is 344 g/mol. The van der Waals surface area contributed by atoms with Gasteiger partial charge in [0.15, 0.2) is 0 Å². The number of thiophene rings is 1. The van der Waals surface area contributed by atoms with Crippen molar-refractivity contribution in [3.05, 3.63) is 50.9 Å². The summed E-state index contributed by atoms with van der Waals surface area (Å²) < 4.78 is 0.428. The van der Waals surface area contributed by atoms with Gasteiger partial charge in [-0.15, -0.1) is 11.3 Å². The Morgan fingerprint density at radius 2 is 2.20 bits per heavy atom. The van der Waals surface area contributed by atoms with E-state index in [0.717, 1.165) is 4.88 Å².